The van der Waals surface area contributed by atoms with Crippen molar-refractivity contribution in [2.45, 2.75) is 0 Å². The molecule has 0 aliphatic rings. The predicted octanol–water partition coefficient (Wildman–Crippen LogP) is 3.32. The molecular formula is C14H12ClFN2O2. The zero-order valence-electron chi connectivity index (χ0n) is 10.6. The van der Waals surface area contributed by atoms with E-state index in [0.717, 1.165) is 6.07 Å². The van der Waals surface area contributed by atoms with E-state index in [1.54, 1.807) is 18.2 Å². The summed E-state index contributed by atoms with van der Waals surface area (Å²) in [4.78, 5) is 12.0. The van der Waals surface area contributed by atoms with Crippen molar-refractivity contribution in [2.24, 2.45) is 0 Å². The lowest BCUT2D eigenvalue weighted by Crippen LogP contribution is -2.14. The van der Waals surface area contributed by atoms with Crippen LogP contribution in [0.1, 0.15) is 10.4 Å². The molecule has 20 heavy (non-hydrogen) atoms. The Balaban J connectivity index is 2.23. The summed E-state index contributed by atoms with van der Waals surface area (Å²) in [5.74, 6) is -0.726. The maximum absolute atomic E-state index is 13.6. The van der Waals surface area contributed by atoms with Gasteiger partial charge in [-0.2, -0.15) is 0 Å². The molecule has 0 unspecified atom stereocenters. The SMILES string of the molecule is COc1ccc(NC(=O)c2ccc(Cl)cc2F)c(N)c1. The summed E-state index contributed by atoms with van der Waals surface area (Å²) in [6.07, 6.45) is 0. The van der Waals surface area contributed by atoms with E-state index in [-0.39, 0.29) is 10.6 Å². The number of rotatable bonds is 3. The summed E-state index contributed by atoms with van der Waals surface area (Å²) in [6.45, 7) is 0. The highest BCUT2D eigenvalue weighted by atomic mass is 35.5. The number of nitrogens with one attached hydrogen (secondary N) is 1. The van der Waals surface area contributed by atoms with Gasteiger partial charge in [0.1, 0.15) is 11.6 Å². The Morgan fingerprint density at radius 1 is 1.30 bits per heavy atom. The first-order valence-electron chi connectivity index (χ1n) is 5.71. The first kappa shape index (κ1) is 14.1. The number of ether oxygens (including phenoxy) is 1. The maximum atomic E-state index is 13.6. The van der Waals surface area contributed by atoms with E-state index in [1.807, 2.05) is 0 Å². The molecule has 0 spiro atoms. The number of benzene rings is 2. The molecule has 1 amide bonds. The second kappa shape index (κ2) is 5.79. The van der Waals surface area contributed by atoms with Gasteiger partial charge in [-0.15, -0.1) is 0 Å². The molecule has 0 saturated carbocycles. The average molecular weight is 295 g/mol. The fourth-order valence-electron chi connectivity index (χ4n) is 1.64. The van der Waals surface area contributed by atoms with Gasteiger partial charge in [-0.25, -0.2) is 4.39 Å². The number of nitrogens with two attached hydrogens (primary N) is 1. The summed E-state index contributed by atoms with van der Waals surface area (Å²) in [6, 6.07) is 8.62. The zero-order valence-corrected chi connectivity index (χ0v) is 11.4. The molecule has 0 heterocycles. The van der Waals surface area contributed by atoms with Crippen molar-refractivity contribution in [1.82, 2.24) is 0 Å². The van der Waals surface area contributed by atoms with Gasteiger partial charge in [0, 0.05) is 11.1 Å². The first-order valence-corrected chi connectivity index (χ1v) is 6.09. The Labute approximate surface area is 120 Å². The van der Waals surface area contributed by atoms with Gasteiger partial charge in [0.05, 0.1) is 24.0 Å². The standard InChI is InChI=1S/C14H12ClFN2O2/c1-20-9-3-5-13(12(17)7-9)18-14(19)10-4-2-8(15)6-11(10)16/h2-7H,17H2,1H3,(H,18,19). The van der Waals surface area contributed by atoms with Crippen LogP contribution in [0.25, 0.3) is 0 Å². The highest BCUT2D eigenvalue weighted by Crippen LogP contribution is 2.25. The molecule has 6 heteroatoms. The summed E-state index contributed by atoms with van der Waals surface area (Å²) in [5.41, 5.74) is 6.37. The molecule has 0 fully saturated rings. The van der Waals surface area contributed by atoms with Gasteiger partial charge >= 0.3 is 0 Å². The van der Waals surface area contributed by atoms with Crippen LogP contribution in [0.2, 0.25) is 5.02 Å². The molecule has 0 radical (unpaired) electrons. The van der Waals surface area contributed by atoms with E-state index in [2.05, 4.69) is 5.32 Å². The number of anilines is 2. The van der Waals surface area contributed by atoms with Crippen LogP contribution in [0.4, 0.5) is 15.8 Å². The van der Waals surface area contributed by atoms with E-state index < -0.39 is 11.7 Å². The topological polar surface area (TPSA) is 64.3 Å². The molecule has 0 aromatic heterocycles. The fraction of sp³-hybridized carbons (Fsp3) is 0.0714. The lowest BCUT2D eigenvalue weighted by molar-refractivity contribution is 0.102. The number of carbonyl (C=O) groups excluding carboxylic acids is 1. The Bertz CT molecular complexity index is 662. The Hall–Kier alpha value is -2.27. The minimum absolute atomic E-state index is 0.107. The van der Waals surface area contributed by atoms with Crippen molar-refractivity contribution in [2.75, 3.05) is 18.2 Å². The highest BCUT2D eigenvalue weighted by Gasteiger charge is 2.13. The van der Waals surface area contributed by atoms with Crippen LogP contribution in [0, 0.1) is 5.82 Å². The van der Waals surface area contributed by atoms with Crippen LogP contribution in [-0.4, -0.2) is 13.0 Å². The summed E-state index contributed by atoms with van der Waals surface area (Å²) >= 11 is 5.63. The molecule has 0 aliphatic heterocycles. The van der Waals surface area contributed by atoms with E-state index in [1.165, 1.54) is 19.2 Å². The molecule has 0 bridgehead atoms. The Kier molecular flexibility index (Phi) is 4.10. The quantitative estimate of drug-likeness (QED) is 0.854. The van der Waals surface area contributed by atoms with E-state index >= 15 is 0 Å². The third-order valence-electron chi connectivity index (χ3n) is 2.68. The number of carbonyl (C=O) groups is 1. The van der Waals surface area contributed by atoms with Crippen LogP contribution in [-0.2, 0) is 0 Å². The molecular weight excluding hydrogens is 283 g/mol. The van der Waals surface area contributed by atoms with Crippen molar-refractivity contribution in [3.8, 4) is 5.75 Å². The maximum Gasteiger partial charge on any atom is 0.258 e. The normalized spacial score (nSPS) is 10.2. The molecule has 104 valence electrons. The first-order chi connectivity index (χ1) is 9.51. The van der Waals surface area contributed by atoms with Crippen molar-refractivity contribution in [3.05, 3.63) is 52.8 Å². The van der Waals surface area contributed by atoms with Crippen molar-refractivity contribution < 1.29 is 13.9 Å². The summed E-state index contributed by atoms with van der Waals surface area (Å²) in [5, 5.41) is 2.76. The molecule has 2 aromatic rings. The third kappa shape index (κ3) is 3.00. The lowest BCUT2D eigenvalue weighted by atomic mass is 10.2. The zero-order chi connectivity index (χ0) is 14.7. The van der Waals surface area contributed by atoms with Crippen LogP contribution in [0.15, 0.2) is 36.4 Å². The number of methoxy groups -OCH3 is 1. The van der Waals surface area contributed by atoms with Crippen molar-refractivity contribution in [3.63, 3.8) is 0 Å². The molecule has 0 saturated heterocycles. The predicted molar refractivity (Wildman–Crippen MR) is 76.8 cm³/mol. The minimum Gasteiger partial charge on any atom is -0.497 e. The van der Waals surface area contributed by atoms with E-state index in [9.17, 15) is 9.18 Å². The van der Waals surface area contributed by atoms with Gasteiger partial charge in [0.25, 0.3) is 5.91 Å². The number of hydrogen-bond acceptors (Lipinski definition) is 3. The second-order valence-electron chi connectivity index (χ2n) is 4.03. The molecule has 0 aliphatic carbocycles. The summed E-state index contributed by atoms with van der Waals surface area (Å²) in [7, 11) is 1.51. The lowest BCUT2D eigenvalue weighted by Gasteiger charge is -2.10. The van der Waals surface area contributed by atoms with Gasteiger partial charge < -0.3 is 15.8 Å². The van der Waals surface area contributed by atoms with Crippen molar-refractivity contribution >= 4 is 28.9 Å². The molecule has 0 atom stereocenters. The third-order valence-corrected chi connectivity index (χ3v) is 2.92. The Morgan fingerprint density at radius 3 is 2.65 bits per heavy atom. The van der Waals surface area contributed by atoms with Gasteiger partial charge in [-0.1, -0.05) is 11.6 Å². The van der Waals surface area contributed by atoms with Crippen LogP contribution >= 0.6 is 11.6 Å². The highest BCUT2D eigenvalue weighted by molar-refractivity contribution is 6.30. The van der Waals surface area contributed by atoms with Gasteiger partial charge in [-0.3, -0.25) is 4.79 Å². The van der Waals surface area contributed by atoms with Crippen molar-refractivity contribution in [1.29, 1.82) is 0 Å². The monoisotopic (exact) mass is 294 g/mol. The van der Waals surface area contributed by atoms with E-state index in [0.29, 0.717) is 17.1 Å². The van der Waals surface area contributed by atoms with Crippen LogP contribution in [0.5, 0.6) is 5.75 Å². The largest absolute Gasteiger partial charge is 0.497 e. The average Bonchev–Trinajstić information content (AvgIpc) is 2.40. The molecule has 2 rings (SSSR count). The van der Waals surface area contributed by atoms with Crippen LogP contribution < -0.4 is 15.8 Å². The van der Waals surface area contributed by atoms with Crippen LogP contribution in [0.3, 0.4) is 0 Å². The summed E-state index contributed by atoms with van der Waals surface area (Å²) < 4.78 is 18.6. The Morgan fingerprint density at radius 2 is 2.05 bits per heavy atom. The number of hydrogen-bond donors (Lipinski definition) is 2. The van der Waals surface area contributed by atoms with Gasteiger partial charge in [0.2, 0.25) is 0 Å². The number of halogens is 2. The molecule has 3 N–H and O–H groups in total. The smallest absolute Gasteiger partial charge is 0.258 e. The number of nitrogen functional groups attached to an aromatic ring is 1. The van der Waals surface area contributed by atoms with Gasteiger partial charge in [0.15, 0.2) is 0 Å². The minimum atomic E-state index is -0.693. The number of amides is 1. The second-order valence-corrected chi connectivity index (χ2v) is 4.47. The molecule has 2 aromatic carbocycles. The van der Waals surface area contributed by atoms with Gasteiger partial charge in [-0.05, 0) is 30.3 Å². The fourth-order valence-corrected chi connectivity index (χ4v) is 1.80. The molecule has 4 nitrogen and oxygen atoms in total. The van der Waals surface area contributed by atoms with E-state index in [4.69, 9.17) is 22.1 Å².